The van der Waals surface area contributed by atoms with Gasteiger partial charge in [-0.2, -0.15) is 0 Å². The minimum absolute atomic E-state index is 0.0302. The van der Waals surface area contributed by atoms with Crippen LogP contribution in [0.4, 0.5) is 5.95 Å². The Hall–Kier alpha value is -2.44. The van der Waals surface area contributed by atoms with Crippen molar-refractivity contribution in [1.29, 1.82) is 0 Å². The number of aromatic nitrogens is 3. The Labute approximate surface area is 116 Å². The first kappa shape index (κ1) is 12.6. The number of hydrogen-bond acceptors (Lipinski definition) is 6. The highest BCUT2D eigenvalue weighted by atomic mass is 16.5. The Balaban J connectivity index is 1.64. The van der Waals surface area contributed by atoms with Crippen molar-refractivity contribution in [2.75, 3.05) is 31.1 Å². The fourth-order valence-electron chi connectivity index (χ4n) is 2.23. The monoisotopic (exact) mass is 273 g/mol. The summed E-state index contributed by atoms with van der Waals surface area (Å²) in [7, 11) is 0. The fraction of sp³-hybridized carbons (Fsp3) is 0.385. The van der Waals surface area contributed by atoms with E-state index in [-0.39, 0.29) is 5.91 Å². The number of piperazine rings is 1. The molecule has 0 atom stereocenters. The molecule has 1 fully saturated rings. The molecule has 0 unspecified atom stereocenters. The van der Waals surface area contributed by atoms with Crippen LogP contribution < -0.4 is 4.90 Å². The van der Waals surface area contributed by atoms with Gasteiger partial charge in [0.05, 0.1) is 5.69 Å². The zero-order chi connectivity index (χ0) is 13.9. The standard InChI is InChI=1S/C13H15N5O2/c1-10-11(9-20-16-10)12(19)17-5-7-18(8-6-17)13-14-3-2-4-15-13/h2-4,9H,5-8H2,1H3. The number of amides is 1. The normalized spacial score (nSPS) is 15.4. The lowest BCUT2D eigenvalue weighted by atomic mass is 10.2. The quantitative estimate of drug-likeness (QED) is 0.803. The molecule has 104 valence electrons. The molecule has 1 saturated heterocycles. The Bertz CT molecular complexity index is 590. The van der Waals surface area contributed by atoms with Crippen molar-refractivity contribution in [1.82, 2.24) is 20.0 Å². The van der Waals surface area contributed by atoms with Gasteiger partial charge in [0.1, 0.15) is 11.8 Å². The first-order valence-electron chi connectivity index (χ1n) is 6.48. The van der Waals surface area contributed by atoms with Gasteiger partial charge in [-0.3, -0.25) is 4.79 Å². The van der Waals surface area contributed by atoms with Gasteiger partial charge >= 0.3 is 0 Å². The fourth-order valence-corrected chi connectivity index (χ4v) is 2.23. The van der Waals surface area contributed by atoms with Crippen LogP contribution in [-0.2, 0) is 0 Å². The highest BCUT2D eigenvalue weighted by Crippen LogP contribution is 2.14. The molecule has 7 nitrogen and oxygen atoms in total. The van der Waals surface area contributed by atoms with Crippen molar-refractivity contribution in [2.45, 2.75) is 6.92 Å². The van der Waals surface area contributed by atoms with E-state index in [2.05, 4.69) is 20.0 Å². The van der Waals surface area contributed by atoms with Crippen LogP contribution in [0, 0.1) is 6.92 Å². The zero-order valence-corrected chi connectivity index (χ0v) is 11.2. The summed E-state index contributed by atoms with van der Waals surface area (Å²) in [6.07, 6.45) is 4.85. The summed E-state index contributed by atoms with van der Waals surface area (Å²) in [5.74, 6) is 0.679. The molecule has 1 amide bonds. The van der Waals surface area contributed by atoms with Crippen molar-refractivity contribution < 1.29 is 9.32 Å². The van der Waals surface area contributed by atoms with Crippen LogP contribution in [0.5, 0.6) is 0 Å². The molecule has 0 spiro atoms. The third-order valence-electron chi connectivity index (χ3n) is 3.38. The van der Waals surface area contributed by atoms with Crippen LogP contribution in [0.3, 0.4) is 0 Å². The number of rotatable bonds is 2. The minimum atomic E-state index is -0.0302. The molecule has 7 heteroatoms. The maximum Gasteiger partial charge on any atom is 0.259 e. The molecule has 2 aromatic heterocycles. The van der Waals surface area contributed by atoms with E-state index in [1.54, 1.807) is 30.3 Å². The van der Waals surface area contributed by atoms with Crippen molar-refractivity contribution in [3.63, 3.8) is 0 Å². The topological polar surface area (TPSA) is 75.4 Å². The van der Waals surface area contributed by atoms with Gasteiger partial charge in [-0.05, 0) is 13.0 Å². The summed E-state index contributed by atoms with van der Waals surface area (Å²) in [6, 6.07) is 1.79. The molecular formula is C13H15N5O2. The lowest BCUT2D eigenvalue weighted by molar-refractivity contribution is 0.0745. The molecule has 0 aliphatic carbocycles. The van der Waals surface area contributed by atoms with Crippen LogP contribution >= 0.6 is 0 Å². The van der Waals surface area contributed by atoms with E-state index in [4.69, 9.17) is 4.52 Å². The Kier molecular flexibility index (Phi) is 3.32. The molecule has 0 bridgehead atoms. The van der Waals surface area contributed by atoms with E-state index in [1.807, 2.05) is 0 Å². The van der Waals surface area contributed by atoms with E-state index < -0.39 is 0 Å². The van der Waals surface area contributed by atoms with Gasteiger partial charge in [0.2, 0.25) is 5.95 Å². The summed E-state index contributed by atoms with van der Waals surface area (Å²) < 4.78 is 4.82. The van der Waals surface area contributed by atoms with Crippen LogP contribution in [-0.4, -0.2) is 52.1 Å². The highest BCUT2D eigenvalue weighted by molar-refractivity contribution is 5.95. The van der Waals surface area contributed by atoms with Crippen LogP contribution in [0.2, 0.25) is 0 Å². The maximum atomic E-state index is 12.3. The average molecular weight is 273 g/mol. The lowest BCUT2D eigenvalue weighted by Crippen LogP contribution is -2.49. The molecule has 3 rings (SSSR count). The SMILES string of the molecule is Cc1nocc1C(=O)N1CCN(c2ncccn2)CC1. The summed E-state index contributed by atoms with van der Waals surface area (Å²) in [4.78, 5) is 24.6. The van der Waals surface area contributed by atoms with Gasteiger partial charge < -0.3 is 14.3 Å². The molecule has 3 heterocycles. The Morgan fingerprint density at radius 2 is 1.90 bits per heavy atom. The van der Waals surface area contributed by atoms with Crippen molar-refractivity contribution in [3.05, 3.63) is 36.0 Å². The second-order valence-corrected chi connectivity index (χ2v) is 4.64. The lowest BCUT2D eigenvalue weighted by Gasteiger charge is -2.34. The smallest absolute Gasteiger partial charge is 0.259 e. The first-order valence-corrected chi connectivity index (χ1v) is 6.48. The molecular weight excluding hydrogens is 258 g/mol. The molecule has 0 radical (unpaired) electrons. The van der Waals surface area contributed by atoms with E-state index in [1.165, 1.54) is 6.26 Å². The van der Waals surface area contributed by atoms with Gasteiger partial charge in [0.25, 0.3) is 5.91 Å². The van der Waals surface area contributed by atoms with Gasteiger partial charge in [-0.25, -0.2) is 9.97 Å². The minimum Gasteiger partial charge on any atom is -0.364 e. The molecule has 20 heavy (non-hydrogen) atoms. The number of carbonyl (C=O) groups is 1. The summed E-state index contributed by atoms with van der Waals surface area (Å²) in [6.45, 7) is 4.49. The average Bonchev–Trinajstić information content (AvgIpc) is 2.94. The molecule has 0 saturated carbocycles. The van der Waals surface area contributed by atoms with Gasteiger partial charge in [0.15, 0.2) is 0 Å². The number of hydrogen-bond donors (Lipinski definition) is 0. The second-order valence-electron chi connectivity index (χ2n) is 4.64. The van der Waals surface area contributed by atoms with E-state index in [0.29, 0.717) is 30.3 Å². The molecule has 1 aliphatic heterocycles. The van der Waals surface area contributed by atoms with Crippen molar-refractivity contribution in [2.24, 2.45) is 0 Å². The Morgan fingerprint density at radius 3 is 2.50 bits per heavy atom. The van der Waals surface area contributed by atoms with Gasteiger partial charge in [-0.15, -0.1) is 0 Å². The van der Waals surface area contributed by atoms with Gasteiger partial charge in [0, 0.05) is 38.6 Å². The predicted octanol–water partition coefficient (Wildman–Crippen LogP) is 0.735. The zero-order valence-electron chi connectivity index (χ0n) is 11.2. The number of nitrogens with zero attached hydrogens (tertiary/aromatic N) is 5. The first-order chi connectivity index (χ1) is 9.75. The van der Waals surface area contributed by atoms with Crippen LogP contribution in [0.15, 0.2) is 29.2 Å². The third-order valence-corrected chi connectivity index (χ3v) is 3.38. The van der Waals surface area contributed by atoms with Crippen molar-refractivity contribution in [3.8, 4) is 0 Å². The van der Waals surface area contributed by atoms with E-state index >= 15 is 0 Å². The highest BCUT2D eigenvalue weighted by Gasteiger charge is 2.25. The summed E-state index contributed by atoms with van der Waals surface area (Å²) in [5.41, 5.74) is 1.17. The van der Waals surface area contributed by atoms with Crippen molar-refractivity contribution >= 4 is 11.9 Å². The molecule has 0 N–H and O–H groups in total. The Morgan fingerprint density at radius 1 is 1.20 bits per heavy atom. The largest absolute Gasteiger partial charge is 0.364 e. The molecule has 0 aromatic carbocycles. The third kappa shape index (κ3) is 2.34. The number of carbonyl (C=O) groups excluding carboxylic acids is 1. The molecule has 1 aliphatic rings. The van der Waals surface area contributed by atoms with E-state index in [9.17, 15) is 4.79 Å². The van der Waals surface area contributed by atoms with Crippen LogP contribution in [0.1, 0.15) is 16.1 Å². The molecule has 2 aromatic rings. The predicted molar refractivity (Wildman–Crippen MR) is 71.4 cm³/mol. The van der Waals surface area contributed by atoms with Gasteiger partial charge in [-0.1, -0.05) is 5.16 Å². The summed E-state index contributed by atoms with van der Waals surface area (Å²) in [5, 5.41) is 3.74. The number of anilines is 1. The number of aryl methyl sites for hydroxylation is 1. The van der Waals surface area contributed by atoms with E-state index in [0.717, 1.165) is 13.1 Å². The maximum absolute atomic E-state index is 12.3. The summed E-state index contributed by atoms with van der Waals surface area (Å²) >= 11 is 0. The van der Waals surface area contributed by atoms with Crippen LogP contribution in [0.25, 0.3) is 0 Å². The second kappa shape index (κ2) is 5.28.